The van der Waals surface area contributed by atoms with Gasteiger partial charge in [0.2, 0.25) is 0 Å². The summed E-state index contributed by atoms with van der Waals surface area (Å²) >= 11 is 0. The van der Waals surface area contributed by atoms with E-state index < -0.39 is 5.76 Å². The van der Waals surface area contributed by atoms with Crippen molar-refractivity contribution in [2.45, 2.75) is 46.5 Å². The standard InChI is InChI=1S/C32H32N4O4/c1-4-6-11-29-28(31(37)36(21(3)33-29)24-16-18-25(19-17-24)39-5-2)20-22-12-14-23(15-13-22)26-9-7-8-10-27(26)30-34-32(38)40-35-30/h7-10,12-19H,4-6,11,20H2,1-3H3,(H,34,35,38). The maximum atomic E-state index is 13.9. The summed E-state index contributed by atoms with van der Waals surface area (Å²) < 4.78 is 12.0. The summed E-state index contributed by atoms with van der Waals surface area (Å²) in [7, 11) is 0. The van der Waals surface area contributed by atoms with Gasteiger partial charge in [-0.25, -0.2) is 9.78 Å². The Labute approximate surface area is 232 Å². The van der Waals surface area contributed by atoms with Crippen molar-refractivity contribution in [1.29, 1.82) is 0 Å². The molecule has 5 aromatic rings. The summed E-state index contributed by atoms with van der Waals surface area (Å²) in [5.74, 6) is 1.22. The van der Waals surface area contributed by atoms with Gasteiger partial charge in [-0.15, -0.1) is 0 Å². The van der Waals surface area contributed by atoms with Crippen molar-refractivity contribution in [3.8, 4) is 34.0 Å². The molecule has 0 aliphatic carbocycles. The molecule has 0 spiro atoms. The molecule has 204 valence electrons. The van der Waals surface area contributed by atoms with E-state index in [4.69, 9.17) is 14.2 Å². The van der Waals surface area contributed by atoms with Gasteiger partial charge in [-0.1, -0.05) is 67.0 Å². The monoisotopic (exact) mass is 536 g/mol. The summed E-state index contributed by atoms with van der Waals surface area (Å²) in [6.07, 6.45) is 3.22. The van der Waals surface area contributed by atoms with E-state index in [0.717, 1.165) is 58.6 Å². The van der Waals surface area contributed by atoms with E-state index in [1.54, 1.807) is 4.57 Å². The molecule has 0 unspecified atom stereocenters. The van der Waals surface area contributed by atoms with Crippen LogP contribution in [0, 0.1) is 6.92 Å². The fraction of sp³-hybridized carbons (Fsp3) is 0.250. The number of nitrogens with zero attached hydrogens (tertiary/aromatic N) is 3. The second-order valence-corrected chi connectivity index (χ2v) is 9.62. The van der Waals surface area contributed by atoms with Crippen molar-refractivity contribution >= 4 is 0 Å². The van der Waals surface area contributed by atoms with Crippen molar-refractivity contribution in [3.63, 3.8) is 0 Å². The minimum atomic E-state index is -0.596. The predicted octanol–water partition coefficient (Wildman–Crippen LogP) is 5.88. The number of aryl methyl sites for hydroxylation is 2. The molecule has 8 nitrogen and oxygen atoms in total. The first kappa shape index (κ1) is 26.9. The van der Waals surface area contributed by atoms with Crippen molar-refractivity contribution < 1.29 is 9.26 Å². The lowest BCUT2D eigenvalue weighted by Gasteiger charge is -2.16. The molecule has 2 aromatic heterocycles. The van der Waals surface area contributed by atoms with Crippen molar-refractivity contribution in [1.82, 2.24) is 19.7 Å². The summed E-state index contributed by atoms with van der Waals surface area (Å²) in [6.45, 7) is 6.54. The van der Waals surface area contributed by atoms with Crippen LogP contribution in [0.4, 0.5) is 0 Å². The lowest BCUT2D eigenvalue weighted by Crippen LogP contribution is -2.28. The third kappa shape index (κ3) is 5.66. The highest BCUT2D eigenvalue weighted by Crippen LogP contribution is 2.30. The van der Waals surface area contributed by atoms with E-state index in [-0.39, 0.29) is 5.56 Å². The number of benzene rings is 3. The Morgan fingerprint density at radius 2 is 1.65 bits per heavy atom. The maximum Gasteiger partial charge on any atom is 0.439 e. The zero-order valence-corrected chi connectivity index (χ0v) is 22.9. The second kappa shape index (κ2) is 12.0. The largest absolute Gasteiger partial charge is 0.494 e. The van der Waals surface area contributed by atoms with Gasteiger partial charge in [-0.3, -0.25) is 18.9 Å². The van der Waals surface area contributed by atoms with Crippen LogP contribution in [0.15, 0.2) is 86.9 Å². The highest BCUT2D eigenvalue weighted by Gasteiger charge is 2.17. The molecule has 0 atom stereocenters. The van der Waals surface area contributed by atoms with E-state index >= 15 is 0 Å². The number of nitrogens with one attached hydrogen (secondary N) is 1. The average Bonchev–Trinajstić information content (AvgIpc) is 3.41. The van der Waals surface area contributed by atoms with Crippen LogP contribution in [0.5, 0.6) is 5.75 Å². The molecular weight excluding hydrogens is 504 g/mol. The topological polar surface area (TPSA) is 103 Å². The van der Waals surface area contributed by atoms with Crippen molar-refractivity contribution in [2.24, 2.45) is 0 Å². The Kier molecular flexibility index (Phi) is 8.05. The van der Waals surface area contributed by atoms with Crippen LogP contribution >= 0.6 is 0 Å². The summed E-state index contributed by atoms with van der Waals surface area (Å²) in [4.78, 5) is 33.0. The van der Waals surface area contributed by atoms with Crippen molar-refractivity contribution in [2.75, 3.05) is 6.61 Å². The van der Waals surface area contributed by atoms with Gasteiger partial charge in [0.05, 0.1) is 18.0 Å². The SMILES string of the molecule is CCCCc1nc(C)n(-c2ccc(OCC)cc2)c(=O)c1Cc1ccc(-c2ccccc2-c2noc(=O)[nH]2)cc1. The lowest BCUT2D eigenvalue weighted by atomic mass is 9.96. The molecule has 0 amide bonds. The van der Waals surface area contributed by atoms with E-state index in [9.17, 15) is 9.59 Å². The van der Waals surface area contributed by atoms with Gasteiger partial charge >= 0.3 is 5.76 Å². The van der Waals surface area contributed by atoms with E-state index in [2.05, 4.69) is 17.1 Å². The number of rotatable bonds is 10. The molecule has 0 aliphatic heterocycles. The first-order valence-corrected chi connectivity index (χ1v) is 13.6. The van der Waals surface area contributed by atoms with Gasteiger partial charge in [-0.05, 0) is 67.6 Å². The van der Waals surface area contributed by atoms with Crippen LogP contribution in [0.2, 0.25) is 0 Å². The molecular formula is C32H32N4O4. The lowest BCUT2D eigenvalue weighted by molar-refractivity contribution is 0.340. The zero-order valence-electron chi connectivity index (χ0n) is 22.9. The maximum absolute atomic E-state index is 13.9. The molecule has 40 heavy (non-hydrogen) atoms. The van der Waals surface area contributed by atoms with Crippen LogP contribution in [-0.2, 0) is 12.8 Å². The van der Waals surface area contributed by atoms with E-state index in [1.807, 2.05) is 86.6 Å². The second-order valence-electron chi connectivity index (χ2n) is 9.62. The zero-order chi connectivity index (χ0) is 28.1. The number of H-pyrrole nitrogens is 1. The molecule has 0 saturated heterocycles. The van der Waals surface area contributed by atoms with Gasteiger partial charge in [0.1, 0.15) is 11.6 Å². The van der Waals surface area contributed by atoms with E-state index in [0.29, 0.717) is 30.2 Å². The third-order valence-electron chi connectivity index (χ3n) is 6.87. The quantitative estimate of drug-likeness (QED) is 0.239. The Hall–Kier alpha value is -4.72. The molecule has 0 fully saturated rings. The Morgan fingerprint density at radius 3 is 2.30 bits per heavy atom. The molecule has 3 aromatic carbocycles. The molecule has 0 saturated carbocycles. The van der Waals surface area contributed by atoms with Gasteiger partial charge in [0.15, 0.2) is 5.82 Å². The fourth-order valence-electron chi connectivity index (χ4n) is 4.90. The van der Waals surface area contributed by atoms with Crippen LogP contribution < -0.4 is 16.1 Å². The van der Waals surface area contributed by atoms with Crippen LogP contribution in [-0.4, -0.2) is 26.3 Å². The number of aromatic nitrogens is 4. The molecule has 5 rings (SSSR count). The van der Waals surface area contributed by atoms with Gasteiger partial charge in [0.25, 0.3) is 5.56 Å². The molecule has 8 heteroatoms. The van der Waals surface area contributed by atoms with E-state index in [1.165, 1.54) is 0 Å². The molecule has 0 radical (unpaired) electrons. The number of aromatic amines is 1. The highest BCUT2D eigenvalue weighted by atomic mass is 16.5. The number of hydrogen-bond acceptors (Lipinski definition) is 6. The number of ether oxygens (including phenoxy) is 1. The summed E-state index contributed by atoms with van der Waals surface area (Å²) in [5, 5.41) is 3.85. The van der Waals surface area contributed by atoms with Gasteiger partial charge < -0.3 is 4.74 Å². The van der Waals surface area contributed by atoms with Gasteiger partial charge in [0, 0.05) is 17.5 Å². The number of hydrogen-bond donors (Lipinski definition) is 1. The predicted molar refractivity (Wildman–Crippen MR) is 155 cm³/mol. The van der Waals surface area contributed by atoms with Crippen LogP contribution in [0.1, 0.15) is 49.3 Å². The molecule has 1 N–H and O–H groups in total. The van der Waals surface area contributed by atoms with Crippen LogP contribution in [0.25, 0.3) is 28.2 Å². The van der Waals surface area contributed by atoms with Gasteiger partial charge in [-0.2, -0.15) is 0 Å². The summed E-state index contributed by atoms with van der Waals surface area (Å²) in [5.41, 5.74) is 5.93. The fourth-order valence-corrected chi connectivity index (χ4v) is 4.90. The molecule has 0 bridgehead atoms. The minimum Gasteiger partial charge on any atom is -0.494 e. The summed E-state index contributed by atoms with van der Waals surface area (Å²) in [6, 6.07) is 23.3. The Balaban J connectivity index is 1.50. The average molecular weight is 537 g/mol. The first-order chi connectivity index (χ1) is 19.5. The van der Waals surface area contributed by atoms with Crippen LogP contribution in [0.3, 0.4) is 0 Å². The molecule has 2 heterocycles. The Morgan fingerprint density at radius 1 is 0.925 bits per heavy atom. The molecule has 0 aliphatic rings. The number of unbranched alkanes of at least 4 members (excludes halogenated alkanes) is 1. The minimum absolute atomic E-state index is 0.0489. The highest BCUT2D eigenvalue weighted by molar-refractivity contribution is 5.80. The van der Waals surface area contributed by atoms with Crippen molar-refractivity contribution in [3.05, 3.63) is 116 Å². The Bertz CT molecular complexity index is 1710. The normalized spacial score (nSPS) is 11.1. The smallest absolute Gasteiger partial charge is 0.439 e. The third-order valence-corrected chi connectivity index (χ3v) is 6.87. The first-order valence-electron chi connectivity index (χ1n) is 13.6.